The molecule has 0 aromatic heterocycles. The first-order chi connectivity index (χ1) is 8.79. The van der Waals surface area contributed by atoms with Crippen LogP contribution in [0.2, 0.25) is 0 Å². The van der Waals surface area contributed by atoms with E-state index in [1.807, 2.05) is 6.07 Å². The fourth-order valence-electron chi connectivity index (χ4n) is 1.84. The summed E-state index contributed by atoms with van der Waals surface area (Å²) < 4.78 is 0. The van der Waals surface area contributed by atoms with Gasteiger partial charge in [0.1, 0.15) is 5.75 Å². The van der Waals surface area contributed by atoms with E-state index in [0.29, 0.717) is 5.75 Å². The summed E-state index contributed by atoms with van der Waals surface area (Å²) in [6, 6.07) is 15.5. The van der Waals surface area contributed by atoms with Gasteiger partial charge in [-0.15, -0.1) is 0 Å². The number of aryl methyl sites for hydroxylation is 2. The first-order valence-corrected chi connectivity index (χ1v) is 6.62. The van der Waals surface area contributed by atoms with Gasteiger partial charge in [0.2, 0.25) is 0 Å². The number of hydrogen-bond donors (Lipinski definition) is 1. The van der Waals surface area contributed by atoms with E-state index in [4.69, 9.17) is 5.11 Å². The average molecular weight is 256 g/mol. The van der Waals surface area contributed by atoms with E-state index in [2.05, 4.69) is 52.8 Å². The van der Waals surface area contributed by atoms with Crippen LogP contribution in [0.4, 0.5) is 0 Å². The van der Waals surface area contributed by atoms with E-state index in [0.717, 1.165) is 0 Å². The Bertz CT molecular complexity index is 487. The maximum atomic E-state index is 8.63. The van der Waals surface area contributed by atoms with Gasteiger partial charge < -0.3 is 5.11 Å². The van der Waals surface area contributed by atoms with Crippen molar-refractivity contribution >= 4 is 0 Å². The van der Waals surface area contributed by atoms with Crippen molar-refractivity contribution < 1.29 is 5.11 Å². The van der Waals surface area contributed by atoms with Gasteiger partial charge in [0.25, 0.3) is 0 Å². The molecule has 2 aromatic carbocycles. The second kappa shape index (κ2) is 6.42. The molecular weight excluding hydrogens is 232 g/mol. The summed E-state index contributed by atoms with van der Waals surface area (Å²) in [5.74, 6) is 0.322. The van der Waals surface area contributed by atoms with Crippen molar-refractivity contribution in [3.05, 3.63) is 65.2 Å². The number of phenolic OH excluding ortho intramolecular Hbond substituents is 1. The number of para-hydroxylation sites is 1. The number of benzene rings is 2. The molecule has 2 rings (SSSR count). The van der Waals surface area contributed by atoms with Gasteiger partial charge >= 0.3 is 0 Å². The normalized spacial score (nSPS) is 10.6. The van der Waals surface area contributed by atoms with E-state index in [1.165, 1.54) is 16.7 Å². The number of hydrogen-bond acceptors (Lipinski definition) is 1. The molecule has 1 N–H and O–H groups in total. The fourth-order valence-corrected chi connectivity index (χ4v) is 1.84. The molecular formula is C18H24O. The van der Waals surface area contributed by atoms with Gasteiger partial charge in [-0.05, 0) is 37.0 Å². The van der Waals surface area contributed by atoms with Crippen molar-refractivity contribution in [3.8, 4) is 5.75 Å². The van der Waals surface area contributed by atoms with Crippen LogP contribution in [-0.2, 0) is 5.41 Å². The standard InChI is InChI=1S/C12H18.C6H6O/c1-9-6-10(2)8-11(7-9)12(3,4)5;7-6-4-2-1-3-5-6/h6-8H,1-5H3;1-5,7H. The van der Waals surface area contributed by atoms with Gasteiger partial charge in [0.15, 0.2) is 0 Å². The third-order valence-corrected chi connectivity index (χ3v) is 2.84. The summed E-state index contributed by atoms with van der Waals surface area (Å²) in [7, 11) is 0. The molecule has 0 aliphatic carbocycles. The average Bonchev–Trinajstić information content (AvgIpc) is 2.28. The fraction of sp³-hybridized carbons (Fsp3) is 0.333. The highest BCUT2D eigenvalue weighted by Gasteiger charge is 2.13. The Morgan fingerprint density at radius 2 is 1.26 bits per heavy atom. The van der Waals surface area contributed by atoms with Crippen molar-refractivity contribution in [2.24, 2.45) is 0 Å². The van der Waals surface area contributed by atoms with Gasteiger partial charge in [-0.2, -0.15) is 0 Å². The Kier molecular flexibility index (Phi) is 5.17. The molecule has 0 radical (unpaired) electrons. The van der Waals surface area contributed by atoms with E-state index in [-0.39, 0.29) is 5.41 Å². The van der Waals surface area contributed by atoms with E-state index in [9.17, 15) is 0 Å². The van der Waals surface area contributed by atoms with Crippen LogP contribution in [-0.4, -0.2) is 5.11 Å². The maximum Gasteiger partial charge on any atom is 0.115 e. The van der Waals surface area contributed by atoms with Crippen molar-refractivity contribution in [2.45, 2.75) is 40.0 Å². The summed E-state index contributed by atoms with van der Waals surface area (Å²) in [4.78, 5) is 0. The van der Waals surface area contributed by atoms with E-state index >= 15 is 0 Å². The molecule has 0 saturated carbocycles. The predicted molar refractivity (Wildman–Crippen MR) is 82.7 cm³/mol. The molecule has 0 bridgehead atoms. The van der Waals surface area contributed by atoms with E-state index in [1.54, 1.807) is 24.3 Å². The van der Waals surface area contributed by atoms with Gasteiger partial charge in [0, 0.05) is 0 Å². The first-order valence-electron chi connectivity index (χ1n) is 6.62. The van der Waals surface area contributed by atoms with Gasteiger partial charge in [-0.1, -0.05) is 68.3 Å². The maximum absolute atomic E-state index is 8.63. The molecule has 0 aliphatic heterocycles. The first kappa shape index (κ1) is 15.3. The zero-order chi connectivity index (χ0) is 14.5. The zero-order valence-electron chi connectivity index (χ0n) is 12.6. The summed E-state index contributed by atoms with van der Waals surface area (Å²) in [6.45, 7) is 11.1. The highest BCUT2D eigenvalue weighted by Crippen LogP contribution is 2.23. The molecule has 19 heavy (non-hydrogen) atoms. The minimum absolute atomic E-state index is 0.275. The summed E-state index contributed by atoms with van der Waals surface area (Å²) in [6.07, 6.45) is 0. The third-order valence-electron chi connectivity index (χ3n) is 2.84. The van der Waals surface area contributed by atoms with Gasteiger partial charge in [-0.3, -0.25) is 0 Å². The lowest BCUT2D eigenvalue weighted by atomic mass is 9.85. The summed E-state index contributed by atoms with van der Waals surface area (Å²) in [5, 5.41) is 8.63. The van der Waals surface area contributed by atoms with Crippen LogP contribution >= 0.6 is 0 Å². The minimum atomic E-state index is 0.275. The van der Waals surface area contributed by atoms with Crippen LogP contribution in [0.5, 0.6) is 5.75 Å². The molecule has 0 fully saturated rings. The SMILES string of the molecule is Cc1cc(C)cc(C(C)(C)C)c1.Oc1ccccc1. The molecule has 1 nitrogen and oxygen atoms in total. The lowest BCUT2D eigenvalue weighted by Crippen LogP contribution is -2.11. The Balaban J connectivity index is 0.000000218. The van der Waals surface area contributed by atoms with Crippen molar-refractivity contribution in [1.82, 2.24) is 0 Å². The topological polar surface area (TPSA) is 20.2 Å². The van der Waals surface area contributed by atoms with Crippen LogP contribution in [0.1, 0.15) is 37.5 Å². The summed E-state index contributed by atoms with van der Waals surface area (Å²) >= 11 is 0. The predicted octanol–water partition coefficient (Wildman–Crippen LogP) is 4.99. The molecule has 0 heterocycles. The molecule has 0 aliphatic rings. The highest BCUT2D eigenvalue weighted by molar-refractivity contribution is 5.32. The number of rotatable bonds is 0. The molecule has 2 aromatic rings. The van der Waals surface area contributed by atoms with Crippen molar-refractivity contribution in [3.63, 3.8) is 0 Å². The number of phenols is 1. The molecule has 0 saturated heterocycles. The molecule has 0 atom stereocenters. The molecule has 0 amide bonds. The zero-order valence-corrected chi connectivity index (χ0v) is 12.6. The molecule has 102 valence electrons. The Labute approximate surface area is 116 Å². The van der Waals surface area contributed by atoms with Crippen LogP contribution in [0.25, 0.3) is 0 Å². The number of aromatic hydroxyl groups is 1. The Morgan fingerprint density at radius 3 is 1.58 bits per heavy atom. The minimum Gasteiger partial charge on any atom is -0.508 e. The second-order valence-corrected chi connectivity index (χ2v) is 5.96. The van der Waals surface area contributed by atoms with Crippen LogP contribution in [0.15, 0.2) is 48.5 Å². The quantitative estimate of drug-likeness (QED) is 0.703. The van der Waals surface area contributed by atoms with Crippen LogP contribution < -0.4 is 0 Å². The van der Waals surface area contributed by atoms with Crippen LogP contribution in [0.3, 0.4) is 0 Å². The molecule has 0 spiro atoms. The van der Waals surface area contributed by atoms with Crippen molar-refractivity contribution in [2.75, 3.05) is 0 Å². The molecule has 1 heteroatoms. The van der Waals surface area contributed by atoms with Crippen LogP contribution in [0, 0.1) is 13.8 Å². The smallest absolute Gasteiger partial charge is 0.115 e. The van der Waals surface area contributed by atoms with Gasteiger partial charge in [0.05, 0.1) is 0 Å². The Hall–Kier alpha value is -1.76. The Morgan fingerprint density at radius 1 is 0.789 bits per heavy atom. The largest absolute Gasteiger partial charge is 0.508 e. The van der Waals surface area contributed by atoms with Crippen molar-refractivity contribution in [1.29, 1.82) is 0 Å². The summed E-state index contributed by atoms with van der Waals surface area (Å²) in [5.41, 5.74) is 4.43. The third kappa shape index (κ3) is 5.60. The monoisotopic (exact) mass is 256 g/mol. The second-order valence-electron chi connectivity index (χ2n) is 5.96. The highest BCUT2D eigenvalue weighted by atomic mass is 16.3. The lowest BCUT2D eigenvalue weighted by Gasteiger charge is -2.20. The van der Waals surface area contributed by atoms with Gasteiger partial charge in [-0.25, -0.2) is 0 Å². The molecule has 0 unspecified atom stereocenters. The lowest BCUT2D eigenvalue weighted by molar-refractivity contribution is 0.475. The van der Waals surface area contributed by atoms with E-state index < -0.39 is 0 Å².